The quantitative estimate of drug-likeness (QED) is 0.563. The largest absolute Gasteiger partial charge is 0.466 e. The molecule has 28 heavy (non-hydrogen) atoms. The Morgan fingerprint density at radius 2 is 2.07 bits per heavy atom. The van der Waals surface area contributed by atoms with Crippen molar-refractivity contribution in [1.82, 2.24) is 14.5 Å². The van der Waals surface area contributed by atoms with Crippen LogP contribution >= 0.6 is 11.8 Å². The van der Waals surface area contributed by atoms with Crippen LogP contribution in [0.4, 0.5) is 0 Å². The van der Waals surface area contributed by atoms with Gasteiger partial charge in [0.05, 0.1) is 24.3 Å². The number of hydrogen-bond acceptors (Lipinski definition) is 6. The summed E-state index contributed by atoms with van der Waals surface area (Å²) >= 11 is 1.57. The Morgan fingerprint density at radius 1 is 1.25 bits per heavy atom. The van der Waals surface area contributed by atoms with Gasteiger partial charge in [-0.3, -0.25) is 19.0 Å². The summed E-state index contributed by atoms with van der Waals surface area (Å²) < 4.78 is 6.87. The van der Waals surface area contributed by atoms with E-state index in [1.807, 2.05) is 0 Å². The lowest BCUT2D eigenvalue weighted by atomic mass is 9.97. The van der Waals surface area contributed by atoms with Crippen LogP contribution in [0.3, 0.4) is 0 Å². The molecule has 1 saturated heterocycles. The number of carbonyl (C=O) groups is 2. The number of ether oxygens (including phenoxy) is 1. The molecule has 0 aromatic carbocycles. The molecule has 3 aliphatic rings. The number of hydrogen-bond donors (Lipinski definition) is 0. The summed E-state index contributed by atoms with van der Waals surface area (Å²) in [5, 5.41) is 0.756. The lowest BCUT2D eigenvalue weighted by Gasteiger charge is -2.32. The number of rotatable bonds is 4. The van der Waals surface area contributed by atoms with Crippen LogP contribution in [0.5, 0.6) is 0 Å². The van der Waals surface area contributed by atoms with Crippen LogP contribution in [0.15, 0.2) is 9.95 Å². The van der Waals surface area contributed by atoms with E-state index < -0.39 is 0 Å². The van der Waals surface area contributed by atoms with E-state index in [1.165, 1.54) is 0 Å². The molecule has 1 amide bonds. The molecule has 152 valence electrons. The molecule has 1 aromatic rings. The molecule has 0 unspecified atom stereocenters. The normalized spacial score (nSPS) is 23.8. The van der Waals surface area contributed by atoms with Gasteiger partial charge in [-0.25, -0.2) is 4.98 Å². The maximum atomic E-state index is 13.0. The Labute approximate surface area is 168 Å². The predicted molar refractivity (Wildman–Crippen MR) is 105 cm³/mol. The van der Waals surface area contributed by atoms with Gasteiger partial charge in [-0.2, -0.15) is 0 Å². The average molecular weight is 406 g/mol. The Morgan fingerprint density at radius 3 is 2.89 bits per heavy atom. The van der Waals surface area contributed by atoms with E-state index in [-0.39, 0.29) is 35.8 Å². The molecule has 1 aliphatic carbocycles. The van der Waals surface area contributed by atoms with Gasteiger partial charge >= 0.3 is 5.97 Å². The summed E-state index contributed by atoms with van der Waals surface area (Å²) in [6, 6.07) is -0.150. The van der Waals surface area contributed by atoms with Crippen molar-refractivity contribution < 1.29 is 14.3 Å². The van der Waals surface area contributed by atoms with E-state index in [9.17, 15) is 14.4 Å². The van der Waals surface area contributed by atoms with Crippen molar-refractivity contribution in [2.75, 3.05) is 25.4 Å². The Balaban J connectivity index is 1.47. The van der Waals surface area contributed by atoms with Crippen molar-refractivity contribution in [2.24, 2.45) is 5.92 Å². The summed E-state index contributed by atoms with van der Waals surface area (Å²) in [5.74, 6) is 0.261. The van der Waals surface area contributed by atoms with Crippen LogP contribution in [0.25, 0.3) is 0 Å². The zero-order valence-electron chi connectivity index (χ0n) is 16.3. The first kappa shape index (κ1) is 19.5. The van der Waals surface area contributed by atoms with Crippen molar-refractivity contribution in [1.29, 1.82) is 0 Å². The molecule has 0 spiro atoms. The molecule has 8 heteroatoms. The number of aryl methyl sites for hydroxylation is 1. The van der Waals surface area contributed by atoms with Crippen LogP contribution in [0.1, 0.15) is 56.3 Å². The smallest absolute Gasteiger partial charge is 0.310 e. The molecule has 1 aromatic heterocycles. The van der Waals surface area contributed by atoms with E-state index in [4.69, 9.17) is 9.72 Å². The van der Waals surface area contributed by atoms with Gasteiger partial charge in [-0.05, 0) is 45.4 Å². The Kier molecular flexibility index (Phi) is 5.75. The van der Waals surface area contributed by atoms with E-state index >= 15 is 0 Å². The number of thioether (sulfide) groups is 1. The second-order valence-corrected chi connectivity index (χ2v) is 8.79. The number of piperidine rings is 1. The summed E-state index contributed by atoms with van der Waals surface area (Å²) in [6.45, 7) is 3.24. The van der Waals surface area contributed by atoms with Crippen molar-refractivity contribution in [3.8, 4) is 0 Å². The summed E-state index contributed by atoms with van der Waals surface area (Å²) in [7, 11) is 0. The number of nitrogens with zero attached hydrogens (tertiary/aromatic N) is 3. The van der Waals surface area contributed by atoms with Gasteiger partial charge in [0.1, 0.15) is 0 Å². The first-order valence-corrected chi connectivity index (χ1v) is 11.3. The number of carbonyl (C=O) groups excluding carboxylic acids is 2. The third-order valence-corrected chi connectivity index (χ3v) is 7.02. The molecule has 0 bridgehead atoms. The highest BCUT2D eigenvalue weighted by molar-refractivity contribution is 7.99. The maximum Gasteiger partial charge on any atom is 0.310 e. The van der Waals surface area contributed by atoms with E-state index in [0.29, 0.717) is 25.4 Å². The molecule has 3 heterocycles. The van der Waals surface area contributed by atoms with Gasteiger partial charge in [0.25, 0.3) is 5.56 Å². The first-order chi connectivity index (χ1) is 13.6. The monoisotopic (exact) mass is 405 g/mol. The summed E-state index contributed by atoms with van der Waals surface area (Å²) in [5.41, 5.74) is 1.84. The fraction of sp³-hybridized carbons (Fsp3) is 0.700. The van der Waals surface area contributed by atoms with E-state index in [2.05, 4.69) is 0 Å². The van der Waals surface area contributed by atoms with Gasteiger partial charge in [-0.1, -0.05) is 11.8 Å². The highest BCUT2D eigenvalue weighted by Crippen LogP contribution is 2.34. The summed E-state index contributed by atoms with van der Waals surface area (Å²) in [4.78, 5) is 44.5. The van der Waals surface area contributed by atoms with Gasteiger partial charge in [-0.15, -0.1) is 0 Å². The zero-order valence-corrected chi connectivity index (χ0v) is 17.1. The molecular weight excluding hydrogens is 378 g/mol. The Bertz CT molecular complexity index is 837. The number of amides is 1. The second kappa shape index (κ2) is 8.27. The van der Waals surface area contributed by atoms with Gasteiger partial charge in [0.2, 0.25) is 5.91 Å². The molecular formula is C20H27N3O4S. The molecule has 2 atom stereocenters. The Hall–Kier alpha value is -1.83. The maximum absolute atomic E-state index is 13.0. The van der Waals surface area contributed by atoms with Crippen LogP contribution in [-0.2, 0) is 27.2 Å². The SMILES string of the molecule is CCOC(=O)[C@H]1CCCN(C(=O)C[C@H]2CSc3nc4c(c(=O)n32)CCCC4)C1. The first-order valence-electron chi connectivity index (χ1n) is 10.3. The lowest BCUT2D eigenvalue weighted by molar-refractivity contribution is -0.151. The second-order valence-electron chi connectivity index (χ2n) is 7.80. The van der Waals surface area contributed by atoms with Gasteiger partial charge in [0.15, 0.2) is 5.16 Å². The molecule has 0 saturated carbocycles. The predicted octanol–water partition coefficient (Wildman–Crippen LogP) is 1.96. The molecule has 0 N–H and O–H groups in total. The van der Waals surface area contributed by atoms with E-state index in [1.54, 1.807) is 28.2 Å². The number of esters is 1. The molecule has 0 radical (unpaired) electrons. The van der Waals surface area contributed by atoms with Crippen molar-refractivity contribution >= 4 is 23.6 Å². The number of likely N-dealkylation sites (tertiary alicyclic amines) is 1. The molecule has 2 aliphatic heterocycles. The standard InChI is InChI=1S/C20H27N3O4S/c1-2-27-19(26)13-6-5-9-22(11-13)17(24)10-14-12-28-20-21-16-8-4-3-7-15(16)18(25)23(14)20/h13-14H,2-12H2,1H3/t13-,14-/m0/s1. The van der Waals surface area contributed by atoms with Gasteiger partial charge in [0, 0.05) is 30.8 Å². The highest BCUT2D eigenvalue weighted by atomic mass is 32.2. The minimum absolute atomic E-state index is 0.0112. The molecule has 1 fully saturated rings. The van der Waals surface area contributed by atoms with Crippen molar-refractivity contribution in [2.45, 2.75) is 63.1 Å². The molecule has 4 rings (SSSR count). The van der Waals surface area contributed by atoms with Crippen LogP contribution in [0, 0.1) is 5.92 Å². The van der Waals surface area contributed by atoms with Crippen molar-refractivity contribution in [3.05, 3.63) is 21.6 Å². The zero-order chi connectivity index (χ0) is 19.7. The van der Waals surface area contributed by atoms with Crippen molar-refractivity contribution in [3.63, 3.8) is 0 Å². The average Bonchev–Trinajstić information content (AvgIpc) is 3.11. The van der Waals surface area contributed by atoms with E-state index in [0.717, 1.165) is 54.9 Å². The number of fused-ring (bicyclic) bond motifs is 2. The van der Waals surface area contributed by atoms with Crippen LogP contribution < -0.4 is 5.56 Å². The minimum atomic E-state index is -0.237. The summed E-state index contributed by atoms with van der Waals surface area (Å²) in [6.07, 6.45) is 5.65. The fourth-order valence-electron chi connectivity index (χ4n) is 4.45. The van der Waals surface area contributed by atoms with Crippen LogP contribution in [-0.4, -0.2) is 51.8 Å². The molecule has 7 nitrogen and oxygen atoms in total. The minimum Gasteiger partial charge on any atom is -0.466 e. The van der Waals surface area contributed by atoms with Gasteiger partial charge < -0.3 is 9.64 Å². The topological polar surface area (TPSA) is 81.5 Å². The fourth-order valence-corrected chi connectivity index (χ4v) is 5.61. The highest BCUT2D eigenvalue weighted by Gasteiger charge is 2.34. The third kappa shape index (κ3) is 3.71. The third-order valence-electron chi connectivity index (χ3n) is 5.93. The number of aromatic nitrogens is 2. The lowest BCUT2D eigenvalue weighted by Crippen LogP contribution is -2.44. The van der Waals surface area contributed by atoms with Crippen LogP contribution in [0.2, 0.25) is 0 Å².